The third kappa shape index (κ3) is 4.07. The molecule has 14 heavy (non-hydrogen) atoms. The summed E-state index contributed by atoms with van der Waals surface area (Å²) in [6.45, 7) is 3.44. The molecule has 1 fully saturated rings. The summed E-state index contributed by atoms with van der Waals surface area (Å²) in [6.07, 6.45) is 5.81. The quantitative estimate of drug-likeness (QED) is 0.230. The Bertz CT molecular complexity index is 176. The molecule has 0 aromatic rings. The first-order chi connectivity index (χ1) is 6.86. The van der Waals surface area contributed by atoms with Crippen molar-refractivity contribution in [3.8, 4) is 0 Å². The Balaban J connectivity index is 2.27. The standard InChI is InChI=1S/C10H21N3O/c1-2-14-8-7-10(13-11)12-9-5-3-4-6-9/h9H,2-8,11H2,1H3,(H,12,13). The molecule has 1 saturated carbocycles. The van der Waals surface area contributed by atoms with Gasteiger partial charge in [0, 0.05) is 13.0 Å². The number of nitrogens with one attached hydrogen (secondary N) is 1. The molecule has 0 amide bonds. The maximum Gasteiger partial charge on any atom is 0.113 e. The topological polar surface area (TPSA) is 59.6 Å². The second-order valence-electron chi connectivity index (χ2n) is 3.61. The smallest absolute Gasteiger partial charge is 0.113 e. The van der Waals surface area contributed by atoms with Crippen molar-refractivity contribution in [3.63, 3.8) is 0 Å². The lowest BCUT2D eigenvalue weighted by molar-refractivity contribution is 0.154. The molecule has 0 unspecified atom stereocenters. The third-order valence-corrected chi connectivity index (χ3v) is 2.52. The molecule has 1 aliphatic rings. The summed E-state index contributed by atoms with van der Waals surface area (Å²) in [4.78, 5) is 4.57. The van der Waals surface area contributed by atoms with E-state index in [9.17, 15) is 0 Å². The maximum atomic E-state index is 5.40. The molecule has 3 N–H and O–H groups in total. The molecule has 0 saturated heterocycles. The first-order valence-electron chi connectivity index (χ1n) is 5.47. The zero-order valence-corrected chi connectivity index (χ0v) is 8.96. The van der Waals surface area contributed by atoms with Gasteiger partial charge in [-0.25, -0.2) is 5.84 Å². The van der Waals surface area contributed by atoms with Crippen LogP contribution in [0.4, 0.5) is 0 Å². The van der Waals surface area contributed by atoms with Gasteiger partial charge in [0.25, 0.3) is 0 Å². The van der Waals surface area contributed by atoms with Crippen LogP contribution in [0.2, 0.25) is 0 Å². The minimum absolute atomic E-state index is 0.489. The van der Waals surface area contributed by atoms with Crippen LogP contribution in [-0.4, -0.2) is 25.1 Å². The highest BCUT2D eigenvalue weighted by atomic mass is 16.5. The van der Waals surface area contributed by atoms with Crippen LogP contribution in [0.5, 0.6) is 0 Å². The average Bonchev–Trinajstić information content (AvgIpc) is 2.69. The molecule has 0 radical (unpaired) electrons. The van der Waals surface area contributed by atoms with E-state index in [1.54, 1.807) is 0 Å². The highest BCUT2D eigenvalue weighted by Gasteiger charge is 2.14. The minimum Gasteiger partial charge on any atom is -0.381 e. The van der Waals surface area contributed by atoms with Crippen molar-refractivity contribution in [2.75, 3.05) is 13.2 Å². The summed E-state index contributed by atoms with van der Waals surface area (Å²) in [6, 6.07) is 0.489. The molecule has 0 spiro atoms. The van der Waals surface area contributed by atoms with E-state index in [2.05, 4.69) is 10.4 Å². The molecule has 0 heterocycles. The SMILES string of the molecule is CCOCCC(=NC1CCCC1)NN. The summed E-state index contributed by atoms with van der Waals surface area (Å²) >= 11 is 0. The Morgan fingerprint density at radius 1 is 1.50 bits per heavy atom. The fraction of sp³-hybridized carbons (Fsp3) is 0.900. The van der Waals surface area contributed by atoms with E-state index >= 15 is 0 Å². The first-order valence-corrected chi connectivity index (χ1v) is 5.47. The largest absolute Gasteiger partial charge is 0.381 e. The lowest BCUT2D eigenvalue weighted by Crippen LogP contribution is -2.32. The molecule has 0 aliphatic heterocycles. The molecule has 4 heteroatoms. The van der Waals surface area contributed by atoms with Gasteiger partial charge >= 0.3 is 0 Å². The van der Waals surface area contributed by atoms with E-state index in [0.717, 1.165) is 18.9 Å². The summed E-state index contributed by atoms with van der Waals surface area (Å²) in [5.41, 5.74) is 2.66. The number of hydrogen-bond acceptors (Lipinski definition) is 3. The Labute approximate surface area is 85.9 Å². The lowest BCUT2D eigenvalue weighted by Gasteiger charge is -2.09. The number of rotatable bonds is 5. The van der Waals surface area contributed by atoms with Crippen molar-refractivity contribution in [2.24, 2.45) is 10.8 Å². The van der Waals surface area contributed by atoms with Crippen molar-refractivity contribution in [1.29, 1.82) is 0 Å². The molecular formula is C10H21N3O. The molecule has 1 aliphatic carbocycles. The maximum absolute atomic E-state index is 5.40. The molecule has 1 rings (SSSR count). The number of nitrogens with two attached hydrogens (primary N) is 1. The van der Waals surface area contributed by atoms with E-state index in [0.29, 0.717) is 12.6 Å². The third-order valence-electron chi connectivity index (χ3n) is 2.52. The van der Waals surface area contributed by atoms with Crippen LogP contribution in [0.25, 0.3) is 0 Å². The average molecular weight is 199 g/mol. The molecule has 0 aromatic heterocycles. The van der Waals surface area contributed by atoms with Gasteiger partial charge in [0.2, 0.25) is 0 Å². The first kappa shape index (κ1) is 11.5. The van der Waals surface area contributed by atoms with Gasteiger partial charge in [-0.2, -0.15) is 0 Å². The zero-order valence-electron chi connectivity index (χ0n) is 8.96. The highest BCUT2D eigenvalue weighted by molar-refractivity contribution is 5.81. The Hall–Kier alpha value is -0.610. The van der Waals surface area contributed by atoms with Gasteiger partial charge in [-0.05, 0) is 19.8 Å². The normalized spacial score (nSPS) is 18.9. The van der Waals surface area contributed by atoms with Gasteiger partial charge in [0.05, 0.1) is 12.6 Å². The lowest BCUT2D eigenvalue weighted by atomic mass is 10.2. The van der Waals surface area contributed by atoms with Gasteiger partial charge in [-0.3, -0.25) is 4.99 Å². The molecular weight excluding hydrogens is 178 g/mol. The van der Waals surface area contributed by atoms with Gasteiger partial charge in [0.15, 0.2) is 0 Å². The second-order valence-corrected chi connectivity index (χ2v) is 3.61. The van der Waals surface area contributed by atoms with E-state index in [1.165, 1.54) is 25.7 Å². The number of hydrazine groups is 1. The molecule has 82 valence electrons. The monoisotopic (exact) mass is 199 g/mol. The molecule has 0 atom stereocenters. The number of ether oxygens (including phenoxy) is 1. The van der Waals surface area contributed by atoms with Crippen molar-refractivity contribution < 1.29 is 4.74 Å². The Morgan fingerprint density at radius 2 is 2.21 bits per heavy atom. The number of hydrogen-bond donors (Lipinski definition) is 2. The van der Waals surface area contributed by atoms with E-state index < -0.39 is 0 Å². The van der Waals surface area contributed by atoms with Gasteiger partial charge in [-0.15, -0.1) is 0 Å². The fourth-order valence-electron chi connectivity index (χ4n) is 1.74. The number of nitrogens with zero attached hydrogens (tertiary/aromatic N) is 1. The fourth-order valence-corrected chi connectivity index (χ4v) is 1.74. The van der Waals surface area contributed by atoms with E-state index in [-0.39, 0.29) is 0 Å². The number of amidine groups is 1. The van der Waals surface area contributed by atoms with Gasteiger partial charge in [-0.1, -0.05) is 12.8 Å². The molecule has 0 bridgehead atoms. The van der Waals surface area contributed by atoms with Crippen molar-refractivity contribution in [2.45, 2.75) is 45.1 Å². The van der Waals surface area contributed by atoms with Crippen LogP contribution in [-0.2, 0) is 4.74 Å². The van der Waals surface area contributed by atoms with Crippen LogP contribution in [0.15, 0.2) is 4.99 Å². The van der Waals surface area contributed by atoms with Crippen molar-refractivity contribution in [3.05, 3.63) is 0 Å². The number of aliphatic imine (C=N–C) groups is 1. The van der Waals surface area contributed by atoms with Crippen LogP contribution in [0.1, 0.15) is 39.0 Å². The predicted molar refractivity (Wildman–Crippen MR) is 58.1 cm³/mol. The minimum atomic E-state index is 0.489. The van der Waals surface area contributed by atoms with Crippen LogP contribution >= 0.6 is 0 Å². The summed E-state index contributed by atoms with van der Waals surface area (Å²) in [7, 11) is 0. The van der Waals surface area contributed by atoms with E-state index in [1.807, 2.05) is 6.92 Å². The van der Waals surface area contributed by atoms with Crippen LogP contribution in [0, 0.1) is 0 Å². The second kappa shape index (κ2) is 6.79. The Morgan fingerprint density at radius 3 is 2.79 bits per heavy atom. The highest BCUT2D eigenvalue weighted by Crippen LogP contribution is 2.20. The van der Waals surface area contributed by atoms with Gasteiger partial charge in [0.1, 0.15) is 5.84 Å². The van der Waals surface area contributed by atoms with Crippen LogP contribution < -0.4 is 11.3 Å². The van der Waals surface area contributed by atoms with E-state index in [4.69, 9.17) is 10.6 Å². The Kier molecular flexibility index (Phi) is 5.56. The summed E-state index contributed by atoms with van der Waals surface area (Å²) < 4.78 is 5.25. The molecule has 4 nitrogen and oxygen atoms in total. The zero-order chi connectivity index (χ0) is 10.2. The predicted octanol–water partition coefficient (Wildman–Crippen LogP) is 1.22. The summed E-state index contributed by atoms with van der Waals surface area (Å²) in [5, 5.41) is 0. The van der Waals surface area contributed by atoms with Crippen molar-refractivity contribution in [1.82, 2.24) is 5.43 Å². The van der Waals surface area contributed by atoms with Crippen LogP contribution in [0.3, 0.4) is 0 Å². The summed E-state index contributed by atoms with van der Waals surface area (Å²) in [5.74, 6) is 6.28. The van der Waals surface area contributed by atoms with Crippen molar-refractivity contribution >= 4 is 5.84 Å². The molecule has 0 aromatic carbocycles. The van der Waals surface area contributed by atoms with Gasteiger partial charge < -0.3 is 10.2 Å².